The van der Waals surface area contributed by atoms with Crippen LogP contribution in [0.1, 0.15) is 23.6 Å². The van der Waals surface area contributed by atoms with Crippen LogP contribution in [0.4, 0.5) is 9.18 Å². The summed E-state index contributed by atoms with van der Waals surface area (Å²) >= 11 is 0. The highest BCUT2D eigenvalue weighted by Crippen LogP contribution is 2.24. The lowest BCUT2D eigenvalue weighted by Crippen LogP contribution is -2.40. The minimum Gasteiger partial charge on any atom is -0.497 e. The molecule has 0 radical (unpaired) electrons. The van der Waals surface area contributed by atoms with Crippen molar-refractivity contribution in [1.29, 1.82) is 0 Å². The van der Waals surface area contributed by atoms with Gasteiger partial charge >= 0.3 is 12.0 Å². The van der Waals surface area contributed by atoms with E-state index in [1.807, 2.05) is 12.1 Å². The summed E-state index contributed by atoms with van der Waals surface area (Å²) in [6.45, 7) is 0.0833. The normalized spacial score (nSPS) is 11.5. The van der Waals surface area contributed by atoms with Crippen molar-refractivity contribution in [2.45, 2.75) is 12.5 Å². The molecule has 0 aliphatic heterocycles. The number of nitrogens with one attached hydrogen (secondary N) is 1. The number of hydrogen-bond acceptors (Lipinski definition) is 3. The quantitative estimate of drug-likeness (QED) is 0.795. The summed E-state index contributed by atoms with van der Waals surface area (Å²) < 4.78 is 18.4. The fraction of sp³-hybridized carbons (Fsp3) is 0.263. The van der Waals surface area contributed by atoms with Crippen LogP contribution in [-0.2, 0) is 4.79 Å². The van der Waals surface area contributed by atoms with Crippen LogP contribution >= 0.6 is 0 Å². The largest absolute Gasteiger partial charge is 0.497 e. The Morgan fingerprint density at radius 3 is 2.15 bits per heavy atom. The fourth-order valence-corrected chi connectivity index (χ4v) is 2.41. The maximum atomic E-state index is 13.3. The highest BCUT2D eigenvalue weighted by atomic mass is 19.1. The maximum Gasteiger partial charge on any atom is 0.317 e. The second kappa shape index (κ2) is 8.84. The number of hydrogen-bond donors (Lipinski definition) is 2. The second-order valence-corrected chi connectivity index (χ2v) is 5.77. The van der Waals surface area contributed by atoms with E-state index >= 15 is 0 Å². The molecule has 0 aliphatic rings. The van der Waals surface area contributed by atoms with Gasteiger partial charge in [0.25, 0.3) is 0 Å². The number of methoxy groups -OCH3 is 1. The van der Waals surface area contributed by atoms with Gasteiger partial charge in [-0.2, -0.15) is 0 Å². The molecule has 2 N–H and O–H groups in total. The van der Waals surface area contributed by atoms with E-state index in [0.717, 1.165) is 5.56 Å². The van der Waals surface area contributed by atoms with Gasteiger partial charge in [-0.1, -0.05) is 24.3 Å². The first kappa shape index (κ1) is 19.2. The lowest BCUT2D eigenvalue weighted by Gasteiger charge is -2.24. The molecule has 1 unspecified atom stereocenters. The number of nitrogens with zero attached hydrogens (tertiary/aromatic N) is 1. The molecule has 2 rings (SSSR count). The topological polar surface area (TPSA) is 78.9 Å². The molecular formula is C19H21FN2O4. The lowest BCUT2D eigenvalue weighted by atomic mass is 9.98. The Hall–Kier alpha value is -3.09. The number of carbonyl (C=O) groups excluding carboxylic acids is 1. The molecule has 0 saturated heterocycles. The van der Waals surface area contributed by atoms with Crippen molar-refractivity contribution >= 4 is 12.0 Å². The van der Waals surface area contributed by atoms with Gasteiger partial charge in [-0.05, 0) is 35.4 Å². The minimum atomic E-state index is -0.977. The van der Waals surface area contributed by atoms with Crippen LogP contribution in [-0.4, -0.2) is 42.7 Å². The van der Waals surface area contributed by atoms with Gasteiger partial charge in [0.1, 0.15) is 11.6 Å². The predicted octanol–water partition coefficient (Wildman–Crippen LogP) is 3.04. The maximum absolute atomic E-state index is 13.3. The van der Waals surface area contributed by atoms with Gasteiger partial charge in [0.15, 0.2) is 0 Å². The van der Waals surface area contributed by atoms with Gasteiger partial charge in [-0.25, -0.2) is 9.18 Å². The van der Waals surface area contributed by atoms with Crippen molar-refractivity contribution < 1.29 is 23.8 Å². The summed E-state index contributed by atoms with van der Waals surface area (Å²) in [6, 6.07) is 12.1. The minimum absolute atomic E-state index is 0.0833. The molecule has 26 heavy (non-hydrogen) atoms. The number of benzene rings is 2. The Morgan fingerprint density at radius 2 is 1.65 bits per heavy atom. The summed E-state index contributed by atoms with van der Waals surface area (Å²) in [4.78, 5) is 24.4. The predicted molar refractivity (Wildman–Crippen MR) is 94.7 cm³/mol. The third kappa shape index (κ3) is 5.20. The van der Waals surface area contributed by atoms with E-state index < -0.39 is 18.0 Å². The summed E-state index contributed by atoms with van der Waals surface area (Å²) in [5, 5.41) is 11.6. The first-order chi connectivity index (χ1) is 12.4. The molecule has 0 saturated carbocycles. The molecule has 0 spiro atoms. The average Bonchev–Trinajstić information content (AvgIpc) is 2.65. The molecule has 0 heterocycles. The van der Waals surface area contributed by atoms with Crippen molar-refractivity contribution in [2.24, 2.45) is 0 Å². The Morgan fingerprint density at radius 1 is 1.12 bits per heavy atom. The summed E-state index contributed by atoms with van der Waals surface area (Å²) in [5.74, 6) is -0.668. The number of rotatable bonds is 7. The smallest absolute Gasteiger partial charge is 0.317 e. The molecule has 1 atom stereocenters. The summed E-state index contributed by atoms with van der Waals surface area (Å²) in [6.07, 6.45) is -0.145. The zero-order valence-electron chi connectivity index (χ0n) is 14.6. The Balaban J connectivity index is 2.23. The van der Waals surface area contributed by atoms with Crippen molar-refractivity contribution in [3.8, 4) is 5.75 Å². The van der Waals surface area contributed by atoms with Gasteiger partial charge in [0.2, 0.25) is 0 Å². The van der Waals surface area contributed by atoms with Gasteiger partial charge in [0, 0.05) is 13.6 Å². The summed E-state index contributed by atoms with van der Waals surface area (Å²) in [5.41, 5.74) is 1.49. The SMILES string of the molecule is COc1ccc(C(NC(=O)N(C)CCC(=O)O)c2ccc(F)cc2)cc1. The Kier molecular flexibility index (Phi) is 6.54. The molecule has 7 heteroatoms. The van der Waals surface area contributed by atoms with Crippen molar-refractivity contribution in [2.75, 3.05) is 20.7 Å². The second-order valence-electron chi connectivity index (χ2n) is 5.77. The van der Waals surface area contributed by atoms with Crippen molar-refractivity contribution in [3.05, 3.63) is 65.5 Å². The zero-order valence-corrected chi connectivity index (χ0v) is 14.6. The number of carbonyl (C=O) groups is 2. The van der Waals surface area contributed by atoms with Crippen LogP contribution in [0.25, 0.3) is 0 Å². The molecule has 2 aromatic rings. The highest BCUT2D eigenvalue weighted by molar-refractivity contribution is 5.76. The average molecular weight is 360 g/mol. The molecular weight excluding hydrogens is 339 g/mol. The monoisotopic (exact) mass is 360 g/mol. The number of ether oxygens (including phenoxy) is 1. The summed E-state index contributed by atoms with van der Waals surface area (Å²) in [7, 11) is 3.08. The molecule has 0 aliphatic carbocycles. The fourth-order valence-electron chi connectivity index (χ4n) is 2.41. The van der Waals surface area contributed by atoms with Crippen molar-refractivity contribution in [3.63, 3.8) is 0 Å². The van der Waals surface area contributed by atoms with E-state index in [2.05, 4.69) is 5.32 Å². The first-order valence-electron chi connectivity index (χ1n) is 8.03. The van der Waals surface area contributed by atoms with Crippen molar-refractivity contribution in [1.82, 2.24) is 10.2 Å². The van der Waals surface area contributed by atoms with E-state index in [9.17, 15) is 14.0 Å². The van der Waals surface area contributed by atoms with E-state index in [0.29, 0.717) is 11.3 Å². The third-order valence-electron chi connectivity index (χ3n) is 3.93. The van der Waals surface area contributed by atoms with E-state index in [4.69, 9.17) is 9.84 Å². The molecule has 0 aromatic heterocycles. The number of carboxylic acid groups (broad SMARTS) is 1. The van der Waals surface area contributed by atoms with Crippen LogP contribution in [0, 0.1) is 5.82 Å². The number of carboxylic acids is 1. The van der Waals surface area contributed by atoms with Crippen LogP contribution in [0.3, 0.4) is 0 Å². The Labute approximate surface area is 151 Å². The zero-order chi connectivity index (χ0) is 19.1. The highest BCUT2D eigenvalue weighted by Gasteiger charge is 2.19. The first-order valence-corrected chi connectivity index (χ1v) is 8.03. The molecule has 138 valence electrons. The standard InChI is InChI=1S/C19H21FN2O4/c1-22(12-11-17(23)24)19(25)21-18(13-3-7-15(20)8-4-13)14-5-9-16(26-2)10-6-14/h3-10,18H,11-12H2,1-2H3,(H,21,25)(H,23,24). The molecule has 0 fully saturated rings. The van der Waals surface area contributed by atoms with Gasteiger partial charge in [0.05, 0.1) is 19.6 Å². The van der Waals surface area contributed by atoms with E-state index in [-0.39, 0.29) is 18.8 Å². The number of amides is 2. The Bertz CT molecular complexity index is 747. The number of aliphatic carboxylic acids is 1. The van der Waals surface area contributed by atoms with Gasteiger partial charge in [-0.15, -0.1) is 0 Å². The van der Waals surface area contributed by atoms with Crippen LogP contribution in [0.2, 0.25) is 0 Å². The molecule has 6 nitrogen and oxygen atoms in total. The molecule has 0 bridgehead atoms. The van der Waals surface area contributed by atoms with Crippen LogP contribution in [0.15, 0.2) is 48.5 Å². The number of halogens is 1. The molecule has 2 aromatic carbocycles. The number of urea groups is 1. The third-order valence-corrected chi connectivity index (χ3v) is 3.93. The van der Waals surface area contributed by atoms with Gasteiger partial charge < -0.3 is 20.1 Å². The van der Waals surface area contributed by atoms with E-state index in [1.54, 1.807) is 31.4 Å². The lowest BCUT2D eigenvalue weighted by molar-refractivity contribution is -0.137. The van der Waals surface area contributed by atoms with Gasteiger partial charge in [-0.3, -0.25) is 4.79 Å². The van der Waals surface area contributed by atoms with E-state index in [1.165, 1.54) is 24.1 Å². The van der Waals surface area contributed by atoms with Crippen LogP contribution < -0.4 is 10.1 Å². The molecule has 2 amide bonds. The van der Waals surface area contributed by atoms with Crippen LogP contribution in [0.5, 0.6) is 5.75 Å².